The first-order valence-corrected chi connectivity index (χ1v) is 10.1. The molecule has 0 fully saturated rings. The van der Waals surface area contributed by atoms with E-state index >= 15 is 0 Å². The van der Waals surface area contributed by atoms with Crippen LogP contribution in [-0.2, 0) is 12.1 Å². The number of ketones is 1. The fourth-order valence-corrected chi connectivity index (χ4v) is 4.81. The maximum absolute atomic E-state index is 14.7. The second-order valence-electron chi connectivity index (χ2n) is 7.45. The summed E-state index contributed by atoms with van der Waals surface area (Å²) in [6.45, 7) is 5.01. The molecule has 9 heteroatoms. The number of halogens is 2. The standard InChI is InChI=1S/C21H22F2N4O2S/c1-14(19(28)15-5-4-8-24-10-15)30-20(2,3)21(29,11-27-13-25-12-26-27)17-7-6-16(22)9-18(17)23/h4-10,12-14,29H,11H2,1-3H3. The summed E-state index contributed by atoms with van der Waals surface area (Å²) >= 11 is 1.19. The van der Waals surface area contributed by atoms with Crippen LogP contribution in [0.2, 0.25) is 0 Å². The Morgan fingerprint density at radius 3 is 2.63 bits per heavy atom. The van der Waals surface area contributed by atoms with Crippen molar-refractivity contribution >= 4 is 17.5 Å². The van der Waals surface area contributed by atoms with Crippen molar-refractivity contribution in [1.29, 1.82) is 0 Å². The highest BCUT2D eigenvalue weighted by Crippen LogP contribution is 2.46. The summed E-state index contributed by atoms with van der Waals surface area (Å²) in [4.78, 5) is 20.7. The molecule has 0 aliphatic heterocycles. The van der Waals surface area contributed by atoms with E-state index in [1.54, 1.807) is 39.1 Å². The third-order valence-corrected chi connectivity index (χ3v) is 6.51. The summed E-state index contributed by atoms with van der Waals surface area (Å²) < 4.78 is 28.5. The number of hydrogen-bond donors (Lipinski definition) is 1. The molecule has 3 rings (SSSR count). The topological polar surface area (TPSA) is 80.9 Å². The molecule has 0 radical (unpaired) electrons. The SMILES string of the molecule is CC(SC(C)(C)C(O)(Cn1cncn1)c1ccc(F)cc1F)C(=O)c1cccnc1. The van der Waals surface area contributed by atoms with E-state index in [1.807, 2.05) is 0 Å². The maximum Gasteiger partial charge on any atom is 0.177 e. The van der Waals surface area contributed by atoms with Crippen molar-refractivity contribution in [2.75, 3.05) is 0 Å². The lowest BCUT2D eigenvalue weighted by Gasteiger charge is -2.43. The van der Waals surface area contributed by atoms with E-state index in [2.05, 4.69) is 15.1 Å². The van der Waals surface area contributed by atoms with Crippen molar-refractivity contribution in [3.63, 3.8) is 0 Å². The lowest BCUT2D eigenvalue weighted by atomic mass is 9.82. The highest BCUT2D eigenvalue weighted by molar-refractivity contribution is 8.02. The van der Waals surface area contributed by atoms with Crippen LogP contribution in [0.15, 0.2) is 55.4 Å². The number of hydrogen-bond acceptors (Lipinski definition) is 6. The third kappa shape index (κ3) is 4.41. The van der Waals surface area contributed by atoms with E-state index in [-0.39, 0.29) is 17.9 Å². The number of pyridine rings is 1. The van der Waals surface area contributed by atoms with Crippen LogP contribution in [-0.4, -0.2) is 40.6 Å². The molecule has 0 saturated heterocycles. The normalized spacial score (nSPS) is 14.9. The molecule has 1 N–H and O–H groups in total. The Morgan fingerprint density at radius 2 is 2.03 bits per heavy atom. The van der Waals surface area contributed by atoms with Gasteiger partial charge in [-0.1, -0.05) is 6.07 Å². The minimum absolute atomic E-state index is 0.0853. The van der Waals surface area contributed by atoms with E-state index in [4.69, 9.17) is 0 Å². The average Bonchev–Trinajstić information content (AvgIpc) is 3.20. The van der Waals surface area contributed by atoms with Crippen molar-refractivity contribution in [2.24, 2.45) is 0 Å². The van der Waals surface area contributed by atoms with E-state index in [9.17, 15) is 18.7 Å². The number of benzene rings is 1. The van der Waals surface area contributed by atoms with Gasteiger partial charge in [0.2, 0.25) is 0 Å². The molecule has 0 amide bonds. The zero-order valence-electron chi connectivity index (χ0n) is 16.8. The fourth-order valence-electron chi connectivity index (χ4n) is 3.31. The first-order valence-electron chi connectivity index (χ1n) is 9.26. The summed E-state index contributed by atoms with van der Waals surface area (Å²) in [7, 11) is 0. The smallest absolute Gasteiger partial charge is 0.177 e. The van der Waals surface area contributed by atoms with E-state index in [1.165, 1.54) is 41.4 Å². The van der Waals surface area contributed by atoms with Crippen LogP contribution in [0.5, 0.6) is 0 Å². The van der Waals surface area contributed by atoms with Crippen LogP contribution in [0.25, 0.3) is 0 Å². The minimum Gasteiger partial charge on any atom is -0.382 e. The number of rotatable bonds is 8. The van der Waals surface area contributed by atoms with Gasteiger partial charge in [-0.2, -0.15) is 5.10 Å². The molecular weight excluding hydrogens is 410 g/mol. The van der Waals surface area contributed by atoms with Crippen LogP contribution in [0, 0.1) is 11.6 Å². The molecule has 0 spiro atoms. The average molecular weight is 432 g/mol. The van der Waals surface area contributed by atoms with Crippen molar-refractivity contribution in [2.45, 2.75) is 42.9 Å². The minimum atomic E-state index is -1.83. The van der Waals surface area contributed by atoms with Crippen LogP contribution < -0.4 is 0 Å². The number of carbonyl (C=O) groups excluding carboxylic acids is 1. The van der Waals surface area contributed by atoms with E-state index in [0.29, 0.717) is 5.56 Å². The summed E-state index contributed by atoms with van der Waals surface area (Å²) in [6.07, 6.45) is 5.76. The second-order valence-corrected chi connectivity index (χ2v) is 9.42. The molecule has 0 aliphatic carbocycles. The zero-order valence-corrected chi connectivity index (χ0v) is 17.6. The first-order chi connectivity index (χ1) is 14.1. The van der Waals surface area contributed by atoms with Crippen LogP contribution in [0.3, 0.4) is 0 Å². The molecule has 2 heterocycles. The maximum atomic E-state index is 14.7. The Balaban J connectivity index is 1.97. The van der Waals surface area contributed by atoms with Gasteiger partial charge in [0.15, 0.2) is 5.78 Å². The predicted octanol–water partition coefficient (Wildman–Crippen LogP) is 3.62. The second kappa shape index (κ2) is 8.61. The Morgan fingerprint density at radius 1 is 1.27 bits per heavy atom. The van der Waals surface area contributed by atoms with Crippen LogP contribution in [0.4, 0.5) is 8.78 Å². The Bertz CT molecular complexity index is 1020. The van der Waals surface area contributed by atoms with Gasteiger partial charge in [0, 0.05) is 34.3 Å². The van der Waals surface area contributed by atoms with Crippen molar-refractivity contribution in [1.82, 2.24) is 19.7 Å². The highest BCUT2D eigenvalue weighted by atomic mass is 32.2. The molecule has 30 heavy (non-hydrogen) atoms. The van der Waals surface area contributed by atoms with Gasteiger partial charge in [-0.15, -0.1) is 11.8 Å². The van der Waals surface area contributed by atoms with Gasteiger partial charge >= 0.3 is 0 Å². The third-order valence-electron chi connectivity index (χ3n) is 5.02. The number of carbonyl (C=O) groups is 1. The van der Waals surface area contributed by atoms with Gasteiger partial charge in [0.1, 0.15) is 29.9 Å². The molecule has 3 aromatic rings. The Labute approximate surface area is 177 Å². The van der Waals surface area contributed by atoms with Crippen LogP contribution >= 0.6 is 11.8 Å². The number of thioether (sulfide) groups is 1. The van der Waals surface area contributed by atoms with Gasteiger partial charge in [-0.3, -0.25) is 9.78 Å². The van der Waals surface area contributed by atoms with Gasteiger partial charge < -0.3 is 5.11 Å². The predicted molar refractivity (Wildman–Crippen MR) is 110 cm³/mol. The summed E-state index contributed by atoms with van der Waals surface area (Å²) in [5, 5.41) is 15.2. The molecule has 2 aromatic heterocycles. The highest BCUT2D eigenvalue weighted by Gasteiger charge is 2.49. The molecule has 1 aromatic carbocycles. The number of nitrogens with zero attached hydrogens (tertiary/aromatic N) is 4. The molecule has 0 bridgehead atoms. The number of aliphatic hydroxyl groups is 1. The molecular formula is C21H22F2N4O2S. The van der Waals surface area contributed by atoms with Crippen molar-refractivity contribution in [3.05, 3.63) is 78.1 Å². The molecule has 0 saturated carbocycles. The summed E-state index contributed by atoms with van der Waals surface area (Å²) in [5.74, 6) is -1.79. The lowest BCUT2D eigenvalue weighted by Crippen LogP contribution is -2.50. The van der Waals surface area contributed by atoms with Gasteiger partial charge in [-0.25, -0.2) is 18.4 Å². The quantitative estimate of drug-likeness (QED) is 0.548. The molecule has 6 nitrogen and oxygen atoms in total. The summed E-state index contributed by atoms with van der Waals surface area (Å²) in [5.41, 5.74) is -1.47. The largest absolute Gasteiger partial charge is 0.382 e. The monoisotopic (exact) mass is 432 g/mol. The van der Waals surface area contributed by atoms with Gasteiger partial charge in [0.25, 0.3) is 0 Å². The number of aromatic nitrogens is 4. The Hall–Kier alpha value is -2.65. The molecule has 2 unspecified atom stereocenters. The van der Waals surface area contributed by atoms with Crippen molar-refractivity contribution < 1.29 is 18.7 Å². The molecule has 158 valence electrons. The van der Waals surface area contributed by atoms with Crippen molar-refractivity contribution in [3.8, 4) is 0 Å². The summed E-state index contributed by atoms with van der Waals surface area (Å²) in [6, 6.07) is 6.38. The van der Waals surface area contributed by atoms with E-state index in [0.717, 1.165) is 12.1 Å². The molecule has 0 aliphatic rings. The first kappa shape index (κ1) is 22.0. The lowest BCUT2D eigenvalue weighted by molar-refractivity contribution is -0.0170. The Kier molecular flexibility index (Phi) is 6.33. The van der Waals surface area contributed by atoms with E-state index < -0.39 is 27.2 Å². The van der Waals surface area contributed by atoms with Crippen LogP contribution in [0.1, 0.15) is 36.7 Å². The van der Waals surface area contributed by atoms with Gasteiger partial charge in [0.05, 0.1) is 11.8 Å². The fraction of sp³-hybridized carbons (Fsp3) is 0.333. The zero-order chi connectivity index (χ0) is 21.9. The van der Waals surface area contributed by atoms with Gasteiger partial charge in [-0.05, 0) is 39.0 Å². The molecule has 2 atom stereocenters. The number of Topliss-reactive ketones (excluding diaryl/α,β-unsaturated/α-hetero) is 1.